The van der Waals surface area contributed by atoms with Crippen molar-refractivity contribution in [2.75, 3.05) is 0 Å². The Bertz CT molecular complexity index is 695. The lowest BCUT2D eigenvalue weighted by Gasteiger charge is -2.04. The average molecular weight is 252 g/mol. The summed E-state index contributed by atoms with van der Waals surface area (Å²) >= 11 is 0. The fraction of sp³-hybridized carbons (Fsp3) is 0.188. The zero-order chi connectivity index (χ0) is 13.2. The predicted molar refractivity (Wildman–Crippen MR) is 76.8 cm³/mol. The Morgan fingerprint density at radius 2 is 2.05 bits per heavy atom. The highest BCUT2D eigenvalue weighted by atomic mass is 16.3. The molecule has 1 unspecified atom stereocenters. The molecule has 2 aromatic heterocycles. The van der Waals surface area contributed by atoms with Crippen molar-refractivity contribution in [2.45, 2.75) is 19.4 Å². The molecule has 0 spiro atoms. The number of furan rings is 1. The zero-order valence-corrected chi connectivity index (χ0v) is 10.8. The fourth-order valence-electron chi connectivity index (χ4n) is 2.27. The highest BCUT2D eigenvalue weighted by Crippen LogP contribution is 2.29. The molecule has 19 heavy (non-hydrogen) atoms. The van der Waals surface area contributed by atoms with E-state index in [-0.39, 0.29) is 6.04 Å². The lowest BCUT2D eigenvalue weighted by atomic mass is 10.1. The molecule has 2 heterocycles. The van der Waals surface area contributed by atoms with E-state index in [1.54, 1.807) is 6.20 Å². The molecule has 0 amide bonds. The molecule has 0 aliphatic carbocycles. The number of nitrogens with two attached hydrogens (primary N) is 1. The summed E-state index contributed by atoms with van der Waals surface area (Å²) in [5.41, 5.74) is 7.84. The van der Waals surface area contributed by atoms with Crippen molar-refractivity contribution < 1.29 is 4.42 Å². The molecule has 2 N–H and O–H groups in total. The van der Waals surface area contributed by atoms with Crippen molar-refractivity contribution in [1.29, 1.82) is 0 Å². The quantitative estimate of drug-likeness (QED) is 0.777. The Kier molecular flexibility index (Phi) is 3.05. The Balaban J connectivity index is 2.06. The minimum absolute atomic E-state index is 0.105. The standard InChI is InChI=1S/C16H16N2O/c1-11(17)10-12-7-8-16(19-12)14-4-2-6-15-13(14)5-3-9-18-15/h2-9,11H,10,17H2,1H3. The summed E-state index contributed by atoms with van der Waals surface area (Å²) < 4.78 is 5.88. The highest BCUT2D eigenvalue weighted by Gasteiger charge is 2.09. The van der Waals surface area contributed by atoms with Crippen molar-refractivity contribution in [3.8, 4) is 11.3 Å². The van der Waals surface area contributed by atoms with E-state index in [9.17, 15) is 0 Å². The number of nitrogens with zero attached hydrogens (tertiary/aromatic N) is 1. The molecular formula is C16H16N2O. The van der Waals surface area contributed by atoms with Crippen LogP contribution in [-0.2, 0) is 6.42 Å². The Morgan fingerprint density at radius 1 is 1.16 bits per heavy atom. The van der Waals surface area contributed by atoms with E-state index in [0.29, 0.717) is 0 Å². The summed E-state index contributed by atoms with van der Waals surface area (Å²) in [4.78, 5) is 4.36. The van der Waals surface area contributed by atoms with Crippen molar-refractivity contribution >= 4 is 10.9 Å². The van der Waals surface area contributed by atoms with Crippen LogP contribution in [0.1, 0.15) is 12.7 Å². The number of rotatable bonds is 3. The first-order valence-corrected chi connectivity index (χ1v) is 6.42. The normalized spacial score (nSPS) is 12.7. The minimum Gasteiger partial charge on any atom is -0.461 e. The molecule has 3 heteroatoms. The van der Waals surface area contributed by atoms with Crippen molar-refractivity contribution in [2.24, 2.45) is 5.73 Å². The van der Waals surface area contributed by atoms with Gasteiger partial charge in [0.2, 0.25) is 0 Å². The molecule has 1 aromatic carbocycles. The third-order valence-electron chi connectivity index (χ3n) is 3.10. The van der Waals surface area contributed by atoms with E-state index in [1.807, 2.05) is 37.3 Å². The molecule has 3 nitrogen and oxygen atoms in total. The van der Waals surface area contributed by atoms with Gasteiger partial charge in [0.15, 0.2) is 0 Å². The van der Waals surface area contributed by atoms with E-state index in [0.717, 1.165) is 34.4 Å². The second-order valence-corrected chi connectivity index (χ2v) is 4.82. The van der Waals surface area contributed by atoms with Gasteiger partial charge in [-0.05, 0) is 31.2 Å². The van der Waals surface area contributed by atoms with Crippen molar-refractivity contribution in [1.82, 2.24) is 4.98 Å². The maximum atomic E-state index is 5.88. The highest BCUT2D eigenvalue weighted by molar-refractivity contribution is 5.93. The van der Waals surface area contributed by atoms with Gasteiger partial charge in [-0.2, -0.15) is 0 Å². The molecule has 0 saturated carbocycles. The molecule has 0 aliphatic rings. The number of aromatic nitrogens is 1. The fourth-order valence-corrected chi connectivity index (χ4v) is 2.27. The van der Waals surface area contributed by atoms with Gasteiger partial charge in [0, 0.05) is 29.6 Å². The topological polar surface area (TPSA) is 52.0 Å². The molecule has 96 valence electrons. The minimum atomic E-state index is 0.105. The van der Waals surface area contributed by atoms with Crippen molar-refractivity contribution in [3.05, 3.63) is 54.4 Å². The van der Waals surface area contributed by atoms with Gasteiger partial charge < -0.3 is 10.2 Å². The van der Waals surface area contributed by atoms with Gasteiger partial charge in [-0.1, -0.05) is 18.2 Å². The summed E-state index contributed by atoms with van der Waals surface area (Å²) in [6.07, 6.45) is 2.55. The van der Waals surface area contributed by atoms with Gasteiger partial charge in [-0.3, -0.25) is 4.98 Å². The van der Waals surface area contributed by atoms with Crippen LogP contribution < -0.4 is 5.73 Å². The average Bonchev–Trinajstić information content (AvgIpc) is 2.85. The summed E-state index contributed by atoms with van der Waals surface area (Å²) in [6.45, 7) is 1.98. The number of fused-ring (bicyclic) bond motifs is 1. The lowest BCUT2D eigenvalue weighted by molar-refractivity contribution is 0.503. The molecule has 0 bridgehead atoms. The summed E-state index contributed by atoms with van der Waals surface area (Å²) in [7, 11) is 0. The van der Waals surface area contributed by atoms with Crippen LogP contribution in [0.3, 0.4) is 0 Å². The number of pyridine rings is 1. The zero-order valence-electron chi connectivity index (χ0n) is 10.8. The summed E-state index contributed by atoms with van der Waals surface area (Å²) in [6, 6.07) is 14.2. The SMILES string of the molecule is CC(N)Cc1ccc(-c2cccc3ncccc23)o1. The van der Waals surface area contributed by atoms with Crippen LogP contribution in [-0.4, -0.2) is 11.0 Å². The van der Waals surface area contributed by atoms with Crippen LogP contribution >= 0.6 is 0 Å². The molecule has 3 aromatic rings. The van der Waals surface area contributed by atoms with Crippen LogP contribution in [0.5, 0.6) is 0 Å². The number of hydrogen-bond acceptors (Lipinski definition) is 3. The lowest BCUT2D eigenvalue weighted by Crippen LogP contribution is -2.17. The van der Waals surface area contributed by atoms with Crippen LogP contribution in [0.2, 0.25) is 0 Å². The van der Waals surface area contributed by atoms with Crippen molar-refractivity contribution in [3.63, 3.8) is 0 Å². The first kappa shape index (κ1) is 11.9. The molecule has 1 atom stereocenters. The van der Waals surface area contributed by atoms with Crippen LogP contribution in [0.15, 0.2) is 53.1 Å². The maximum absolute atomic E-state index is 5.88. The van der Waals surface area contributed by atoms with Gasteiger partial charge in [0.1, 0.15) is 11.5 Å². The molecular weight excluding hydrogens is 236 g/mol. The third kappa shape index (κ3) is 2.37. The van der Waals surface area contributed by atoms with E-state index in [1.165, 1.54) is 0 Å². The van der Waals surface area contributed by atoms with Gasteiger partial charge >= 0.3 is 0 Å². The Hall–Kier alpha value is -2.13. The van der Waals surface area contributed by atoms with E-state index < -0.39 is 0 Å². The molecule has 3 rings (SSSR count). The first-order chi connectivity index (χ1) is 9.24. The van der Waals surface area contributed by atoms with E-state index in [4.69, 9.17) is 10.2 Å². The number of hydrogen-bond donors (Lipinski definition) is 1. The third-order valence-corrected chi connectivity index (χ3v) is 3.10. The molecule has 0 aliphatic heterocycles. The van der Waals surface area contributed by atoms with Gasteiger partial charge in [0.25, 0.3) is 0 Å². The Morgan fingerprint density at radius 3 is 2.89 bits per heavy atom. The molecule has 0 fully saturated rings. The second kappa shape index (κ2) is 4.86. The van der Waals surface area contributed by atoms with E-state index in [2.05, 4.69) is 17.1 Å². The largest absolute Gasteiger partial charge is 0.461 e. The van der Waals surface area contributed by atoms with Crippen LogP contribution in [0.4, 0.5) is 0 Å². The van der Waals surface area contributed by atoms with Crippen LogP contribution in [0.25, 0.3) is 22.2 Å². The van der Waals surface area contributed by atoms with Gasteiger partial charge in [0.05, 0.1) is 5.52 Å². The number of benzene rings is 1. The van der Waals surface area contributed by atoms with Crippen LogP contribution in [0, 0.1) is 0 Å². The molecule has 0 radical (unpaired) electrons. The second-order valence-electron chi connectivity index (χ2n) is 4.82. The predicted octanol–water partition coefficient (Wildman–Crippen LogP) is 3.38. The van der Waals surface area contributed by atoms with Gasteiger partial charge in [-0.25, -0.2) is 0 Å². The monoisotopic (exact) mass is 252 g/mol. The summed E-state index contributed by atoms with van der Waals surface area (Å²) in [5.74, 6) is 1.79. The Labute approximate surface area is 112 Å². The van der Waals surface area contributed by atoms with Gasteiger partial charge in [-0.15, -0.1) is 0 Å². The molecule has 0 saturated heterocycles. The summed E-state index contributed by atoms with van der Waals surface area (Å²) in [5, 5.41) is 1.10. The maximum Gasteiger partial charge on any atom is 0.134 e. The van der Waals surface area contributed by atoms with E-state index >= 15 is 0 Å². The first-order valence-electron chi connectivity index (χ1n) is 6.42. The smallest absolute Gasteiger partial charge is 0.134 e.